The zero-order valence-corrected chi connectivity index (χ0v) is 11.8. The first-order valence-electron chi connectivity index (χ1n) is 6.76. The Hall–Kier alpha value is -1.28. The van der Waals surface area contributed by atoms with Gasteiger partial charge in [-0.15, -0.1) is 11.6 Å². The summed E-state index contributed by atoms with van der Waals surface area (Å²) in [6, 6.07) is 10.2. The molecule has 2 rings (SSSR count). The van der Waals surface area contributed by atoms with E-state index >= 15 is 0 Å². The van der Waals surface area contributed by atoms with Crippen LogP contribution in [0.15, 0.2) is 42.5 Å². The number of allylic oxidation sites excluding steroid dienone is 2. The number of hydrogen-bond acceptors (Lipinski definition) is 1. The van der Waals surface area contributed by atoms with Gasteiger partial charge < -0.3 is 5.73 Å². The largest absolute Gasteiger partial charge is 0.369 e. The molecule has 1 aromatic carbocycles. The zero-order chi connectivity index (χ0) is 13.7. The van der Waals surface area contributed by atoms with Gasteiger partial charge in [-0.25, -0.2) is 0 Å². The van der Waals surface area contributed by atoms with Gasteiger partial charge in [0, 0.05) is 11.8 Å². The molecule has 1 aliphatic rings. The third kappa shape index (κ3) is 2.84. The summed E-state index contributed by atoms with van der Waals surface area (Å²) >= 11 is 5.81. The van der Waals surface area contributed by atoms with E-state index < -0.39 is 5.41 Å². The molecule has 0 fully saturated rings. The van der Waals surface area contributed by atoms with Crippen molar-refractivity contribution in [3.63, 3.8) is 0 Å². The molecule has 2 atom stereocenters. The molecule has 2 nitrogen and oxygen atoms in total. The Morgan fingerprint density at radius 1 is 1.32 bits per heavy atom. The topological polar surface area (TPSA) is 43.1 Å². The molecule has 2 unspecified atom stereocenters. The summed E-state index contributed by atoms with van der Waals surface area (Å²) < 4.78 is 0. The minimum atomic E-state index is -0.481. The molecule has 0 saturated carbocycles. The molecule has 2 N–H and O–H groups in total. The van der Waals surface area contributed by atoms with Crippen LogP contribution in [0.25, 0.3) is 0 Å². The first kappa shape index (κ1) is 14.1. The Morgan fingerprint density at radius 2 is 2.05 bits per heavy atom. The van der Waals surface area contributed by atoms with E-state index in [9.17, 15) is 4.79 Å². The minimum Gasteiger partial charge on any atom is -0.369 e. The standard InChI is InChI=1S/C16H20ClNO/c17-12-6-11-16(15(18)19)10-5-4-9-14(16)13-7-2-1-3-8-13/h1-5,7-8,14H,6,9-12H2,(H2,18,19). The van der Waals surface area contributed by atoms with E-state index in [1.165, 1.54) is 5.56 Å². The summed E-state index contributed by atoms with van der Waals surface area (Å²) in [7, 11) is 0. The molecule has 0 saturated heterocycles. The average molecular weight is 278 g/mol. The van der Waals surface area contributed by atoms with Crippen LogP contribution in [-0.2, 0) is 4.79 Å². The maximum atomic E-state index is 12.1. The Labute approximate surface area is 119 Å². The molecule has 0 spiro atoms. The normalized spacial score (nSPS) is 26.3. The smallest absolute Gasteiger partial charge is 0.224 e. The van der Waals surface area contributed by atoms with Gasteiger partial charge in [-0.2, -0.15) is 0 Å². The van der Waals surface area contributed by atoms with Crippen LogP contribution in [0, 0.1) is 5.41 Å². The maximum Gasteiger partial charge on any atom is 0.224 e. The van der Waals surface area contributed by atoms with Gasteiger partial charge in [0.15, 0.2) is 0 Å². The summed E-state index contributed by atoms with van der Waals surface area (Å²) in [4.78, 5) is 12.1. The van der Waals surface area contributed by atoms with Gasteiger partial charge in [-0.1, -0.05) is 42.5 Å². The van der Waals surface area contributed by atoms with E-state index in [2.05, 4.69) is 24.3 Å². The van der Waals surface area contributed by atoms with Crippen LogP contribution in [0.4, 0.5) is 0 Å². The zero-order valence-electron chi connectivity index (χ0n) is 11.0. The van der Waals surface area contributed by atoms with Crippen LogP contribution in [0.2, 0.25) is 0 Å². The van der Waals surface area contributed by atoms with E-state index in [1.54, 1.807) is 0 Å². The molecule has 1 amide bonds. The van der Waals surface area contributed by atoms with Gasteiger partial charge in [-0.05, 0) is 31.2 Å². The summed E-state index contributed by atoms with van der Waals surface area (Å²) in [6.07, 6.45) is 7.41. The van der Waals surface area contributed by atoms with Crippen molar-refractivity contribution in [1.29, 1.82) is 0 Å². The first-order valence-corrected chi connectivity index (χ1v) is 7.30. The lowest BCUT2D eigenvalue weighted by Gasteiger charge is -2.40. The SMILES string of the molecule is NC(=O)C1(CCCCl)CC=CCC1c1ccccc1. The van der Waals surface area contributed by atoms with Crippen molar-refractivity contribution >= 4 is 17.5 Å². The highest BCUT2D eigenvalue weighted by Gasteiger charge is 2.44. The fraction of sp³-hybridized carbons (Fsp3) is 0.438. The number of nitrogens with two attached hydrogens (primary N) is 1. The van der Waals surface area contributed by atoms with Gasteiger partial charge >= 0.3 is 0 Å². The lowest BCUT2D eigenvalue weighted by atomic mass is 9.63. The third-order valence-electron chi connectivity index (χ3n) is 4.14. The number of carbonyl (C=O) groups excluding carboxylic acids is 1. The van der Waals surface area contributed by atoms with Crippen molar-refractivity contribution in [3.8, 4) is 0 Å². The Bertz CT molecular complexity index is 457. The van der Waals surface area contributed by atoms with E-state index in [0.717, 1.165) is 25.7 Å². The monoisotopic (exact) mass is 277 g/mol. The molecular formula is C16H20ClNO. The van der Waals surface area contributed by atoms with E-state index in [-0.39, 0.29) is 11.8 Å². The molecular weight excluding hydrogens is 258 g/mol. The third-order valence-corrected chi connectivity index (χ3v) is 4.40. The fourth-order valence-electron chi connectivity index (χ4n) is 3.09. The molecule has 0 aromatic heterocycles. The van der Waals surface area contributed by atoms with Crippen LogP contribution in [0.1, 0.15) is 37.2 Å². The highest BCUT2D eigenvalue weighted by atomic mass is 35.5. The predicted molar refractivity (Wildman–Crippen MR) is 79.1 cm³/mol. The molecule has 3 heteroatoms. The molecule has 0 bridgehead atoms. The van der Waals surface area contributed by atoms with Crippen molar-refractivity contribution in [2.24, 2.45) is 11.1 Å². The minimum absolute atomic E-state index is 0.166. The highest BCUT2D eigenvalue weighted by molar-refractivity contribution is 6.17. The molecule has 1 aromatic rings. The Kier molecular flexibility index (Phi) is 4.65. The van der Waals surface area contributed by atoms with E-state index in [4.69, 9.17) is 17.3 Å². The summed E-state index contributed by atoms with van der Waals surface area (Å²) in [5.41, 5.74) is 6.47. The number of benzene rings is 1. The number of halogens is 1. The van der Waals surface area contributed by atoms with Crippen LogP contribution in [0.5, 0.6) is 0 Å². The summed E-state index contributed by atoms with van der Waals surface area (Å²) in [5, 5.41) is 0. The van der Waals surface area contributed by atoms with Crippen molar-refractivity contribution in [1.82, 2.24) is 0 Å². The van der Waals surface area contributed by atoms with Crippen molar-refractivity contribution in [2.45, 2.75) is 31.6 Å². The van der Waals surface area contributed by atoms with Crippen LogP contribution >= 0.6 is 11.6 Å². The van der Waals surface area contributed by atoms with Gasteiger partial charge in [0.2, 0.25) is 5.91 Å². The molecule has 0 aliphatic heterocycles. The predicted octanol–water partition coefficient (Wildman–Crippen LogP) is 3.61. The average Bonchev–Trinajstić information content (AvgIpc) is 2.46. The molecule has 102 valence electrons. The molecule has 0 radical (unpaired) electrons. The number of primary amides is 1. The molecule has 19 heavy (non-hydrogen) atoms. The highest BCUT2D eigenvalue weighted by Crippen LogP contribution is 2.47. The number of carbonyl (C=O) groups is 1. The number of alkyl halides is 1. The molecule has 0 heterocycles. The van der Waals surface area contributed by atoms with Crippen molar-refractivity contribution in [3.05, 3.63) is 48.0 Å². The summed E-state index contributed by atoms with van der Waals surface area (Å²) in [6.45, 7) is 0. The van der Waals surface area contributed by atoms with E-state index in [0.29, 0.717) is 5.88 Å². The fourth-order valence-corrected chi connectivity index (χ4v) is 3.22. The number of hydrogen-bond donors (Lipinski definition) is 1. The Balaban J connectivity index is 2.37. The van der Waals surface area contributed by atoms with Crippen LogP contribution in [0.3, 0.4) is 0 Å². The summed E-state index contributed by atoms with van der Waals surface area (Å²) in [5.74, 6) is 0.538. The van der Waals surface area contributed by atoms with Gasteiger partial charge in [-0.3, -0.25) is 4.79 Å². The van der Waals surface area contributed by atoms with Crippen molar-refractivity contribution in [2.75, 3.05) is 5.88 Å². The van der Waals surface area contributed by atoms with Gasteiger partial charge in [0.1, 0.15) is 0 Å². The van der Waals surface area contributed by atoms with Gasteiger partial charge in [0.25, 0.3) is 0 Å². The lowest BCUT2D eigenvalue weighted by molar-refractivity contribution is -0.129. The van der Waals surface area contributed by atoms with E-state index in [1.807, 2.05) is 18.2 Å². The lowest BCUT2D eigenvalue weighted by Crippen LogP contribution is -2.43. The second-order valence-electron chi connectivity index (χ2n) is 5.19. The maximum absolute atomic E-state index is 12.1. The quantitative estimate of drug-likeness (QED) is 0.648. The van der Waals surface area contributed by atoms with Gasteiger partial charge in [0.05, 0.1) is 5.41 Å². The Morgan fingerprint density at radius 3 is 2.68 bits per heavy atom. The number of amides is 1. The molecule has 1 aliphatic carbocycles. The second-order valence-corrected chi connectivity index (χ2v) is 5.57. The van der Waals surface area contributed by atoms with Crippen LogP contribution in [-0.4, -0.2) is 11.8 Å². The second kappa shape index (κ2) is 6.25. The van der Waals surface area contributed by atoms with Crippen LogP contribution < -0.4 is 5.73 Å². The van der Waals surface area contributed by atoms with Crippen molar-refractivity contribution < 1.29 is 4.79 Å². The first-order chi connectivity index (χ1) is 9.20. The number of rotatable bonds is 5.